The molecule has 0 saturated carbocycles. The van der Waals surface area contributed by atoms with Gasteiger partial charge >= 0.3 is 0 Å². The van der Waals surface area contributed by atoms with Crippen LogP contribution in [0.3, 0.4) is 0 Å². The lowest BCUT2D eigenvalue weighted by molar-refractivity contribution is 0.234. The minimum Gasteiger partial charge on any atom is -0.269 e. The van der Waals surface area contributed by atoms with Crippen molar-refractivity contribution in [3.05, 3.63) is 0 Å². The first-order valence-electron chi connectivity index (χ1n) is 4.35. The molecule has 13 heavy (non-hydrogen) atoms. The predicted molar refractivity (Wildman–Crippen MR) is 51.4 cm³/mol. The third-order valence-corrected chi connectivity index (χ3v) is 4.74. The van der Waals surface area contributed by atoms with E-state index < -0.39 is 10.0 Å². The fourth-order valence-corrected chi connectivity index (χ4v) is 2.87. The van der Waals surface area contributed by atoms with E-state index in [1.807, 2.05) is 0 Å². The first kappa shape index (κ1) is 10.9. The first-order valence-corrected chi connectivity index (χ1v) is 5.86. The van der Waals surface area contributed by atoms with Crippen molar-refractivity contribution in [2.75, 3.05) is 27.2 Å². The van der Waals surface area contributed by atoms with Crippen molar-refractivity contribution in [2.24, 2.45) is 5.84 Å². The van der Waals surface area contributed by atoms with Gasteiger partial charge in [0.25, 0.3) is 0 Å². The Kier molecular flexibility index (Phi) is 3.28. The van der Waals surface area contributed by atoms with Crippen molar-refractivity contribution in [2.45, 2.75) is 18.1 Å². The van der Waals surface area contributed by atoms with Gasteiger partial charge in [0.05, 0.1) is 5.25 Å². The normalized spacial score (nSPS) is 22.5. The Labute approximate surface area is 79.5 Å². The zero-order valence-electron chi connectivity index (χ0n) is 8.10. The van der Waals surface area contributed by atoms with Gasteiger partial charge in [0.2, 0.25) is 10.0 Å². The van der Waals surface area contributed by atoms with Crippen molar-refractivity contribution < 1.29 is 8.42 Å². The zero-order chi connectivity index (χ0) is 10.1. The van der Waals surface area contributed by atoms with E-state index in [9.17, 15) is 8.42 Å². The molecule has 1 aliphatic rings. The van der Waals surface area contributed by atoms with Gasteiger partial charge in [-0.1, -0.05) is 0 Å². The SMILES string of the molecule is CN(C)S(=O)(=O)C1CCN(N)CC1. The number of hydrogen-bond acceptors (Lipinski definition) is 4. The Balaban J connectivity index is 2.64. The molecule has 2 N–H and O–H groups in total. The molecular formula is C7H17N3O2S. The van der Waals surface area contributed by atoms with Gasteiger partial charge in [-0.15, -0.1) is 0 Å². The summed E-state index contributed by atoms with van der Waals surface area (Å²) in [6, 6.07) is 0. The van der Waals surface area contributed by atoms with E-state index in [2.05, 4.69) is 0 Å². The second kappa shape index (κ2) is 3.91. The summed E-state index contributed by atoms with van der Waals surface area (Å²) in [6.45, 7) is 1.33. The van der Waals surface area contributed by atoms with Crippen LogP contribution in [-0.4, -0.2) is 50.2 Å². The number of rotatable bonds is 2. The molecule has 78 valence electrons. The van der Waals surface area contributed by atoms with Crippen LogP contribution in [0.1, 0.15) is 12.8 Å². The summed E-state index contributed by atoms with van der Waals surface area (Å²) >= 11 is 0. The maximum absolute atomic E-state index is 11.7. The quantitative estimate of drug-likeness (QED) is 0.603. The molecule has 1 saturated heterocycles. The van der Waals surface area contributed by atoms with Gasteiger partial charge in [0.1, 0.15) is 0 Å². The average Bonchev–Trinajstić information content (AvgIpc) is 2.04. The fourth-order valence-electron chi connectivity index (χ4n) is 1.47. The Bertz CT molecular complexity index is 255. The zero-order valence-corrected chi connectivity index (χ0v) is 8.92. The summed E-state index contributed by atoms with van der Waals surface area (Å²) in [5.41, 5.74) is 0. The number of hydrogen-bond donors (Lipinski definition) is 1. The lowest BCUT2D eigenvalue weighted by atomic mass is 10.1. The average molecular weight is 207 g/mol. The highest BCUT2D eigenvalue weighted by Gasteiger charge is 2.30. The smallest absolute Gasteiger partial charge is 0.216 e. The van der Waals surface area contributed by atoms with Crippen LogP contribution in [0.5, 0.6) is 0 Å². The van der Waals surface area contributed by atoms with E-state index in [0.717, 1.165) is 0 Å². The van der Waals surface area contributed by atoms with Gasteiger partial charge in [-0.25, -0.2) is 17.7 Å². The lowest BCUT2D eigenvalue weighted by Crippen LogP contribution is -2.45. The second-order valence-electron chi connectivity index (χ2n) is 3.56. The molecule has 0 aromatic rings. The molecule has 0 amide bonds. The van der Waals surface area contributed by atoms with Crippen LogP contribution in [-0.2, 0) is 10.0 Å². The summed E-state index contributed by atoms with van der Waals surface area (Å²) in [5.74, 6) is 5.54. The summed E-state index contributed by atoms with van der Waals surface area (Å²) in [7, 11) is 0.0749. The van der Waals surface area contributed by atoms with E-state index in [1.54, 1.807) is 19.1 Å². The fraction of sp³-hybridized carbons (Fsp3) is 1.00. The molecular weight excluding hydrogens is 190 g/mol. The van der Waals surface area contributed by atoms with E-state index in [4.69, 9.17) is 5.84 Å². The standard InChI is InChI=1S/C7H17N3O2S/c1-9(2)13(11,12)7-3-5-10(8)6-4-7/h7H,3-6,8H2,1-2H3. The molecule has 1 heterocycles. The second-order valence-corrected chi connectivity index (χ2v) is 5.99. The van der Waals surface area contributed by atoms with Crippen LogP contribution in [0.15, 0.2) is 0 Å². The number of nitrogens with two attached hydrogens (primary N) is 1. The van der Waals surface area contributed by atoms with Crippen molar-refractivity contribution >= 4 is 10.0 Å². The van der Waals surface area contributed by atoms with Crippen molar-refractivity contribution in [1.82, 2.24) is 9.31 Å². The van der Waals surface area contributed by atoms with E-state index in [0.29, 0.717) is 25.9 Å². The molecule has 0 radical (unpaired) electrons. The van der Waals surface area contributed by atoms with Gasteiger partial charge in [0.15, 0.2) is 0 Å². The van der Waals surface area contributed by atoms with Crippen LogP contribution in [0.25, 0.3) is 0 Å². The molecule has 0 unspecified atom stereocenters. The van der Waals surface area contributed by atoms with Gasteiger partial charge in [-0.2, -0.15) is 0 Å². The molecule has 0 aromatic carbocycles. The highest BCUT2D eigenvalue weighted by atomic mass is 32.2. The Morgan fingerprint density at radius 1 is 1.31 bits per heavy atom. The summed E-state index contributed by atoms with van der Waals surface area (Å²) < 4.78 is 24.6. The highest BCUT2D eigenvalue weighted by Crippen LogP contribution is 2.17. The van der Waals surface area contributed by atoms with Gasteiger partial charge in [-0.3, -0.25) is 5.84 Å². The maximum Gasteiger partial charge on any atom is 0.216 e. The first-order chi connectivity index (χ1) is 5.94. The van der Waals surface area contributed by atoms with Crippen LogP contribution >= 0.6 is 0 Å². The van der Waals surface area contributed by atoms with Gasteiger partial charge < -0.3 is 0 Å². The van der Waals surface area contributed by atoms with E-state index in [1.165, 1.54) is 4.31 Å². The van der Waals surface area contributed by atoms with Gasteiger partial charge in [0, 0.05) is 27.2 Å². The van der Waals surface area contributed by atoms with Gasteiger partial charge in [-0.05, 0) is 12.8 Å². The van der Waals surface area contributed by atoms with Crippen LogP contribution in [0, 0.1) is 0 Å². The summed E-state index contributed by atoms with van der Waals surface area (Å²) in [5, 5.41) is 1.42. The monoisotopic (exact) mass is 207 g/mol. The summed E-state index contributed by atoms with van der Waals surface area (Å²) in [6.07, 6.45) is 1.27. The molecule has 0 aliphatic carbocycles. The number of hydrazine groups is 1. The van der Waals surface area contributed by atoms with Crippen molar-refractivity contribution in [1.29, 1.82) is 0 Å². The Morgan fingerprint density at radius 2 is 1.77 bits per heavy atom. The molecule has 1 rings (SSSR count). The van der Waals surface area contributed by atoms with Crippen molar-refractivity contribution in [3.63, 3.8) is 0 Å². The van der Waals surface area contributed by atoms with Crippen LogP contribution < -0.4 is 5.84 Å². The molecule has 6 heteroatoms. The Hall–Kier alpha value is -0.170. The lowest BCUT2D eigenvalue weighted by Gasteiger charge is -2.29. The minimum absolute atomic E-state index is 0.248. The number of sulfonamides is 1. The number of nitrogens with zero attached hydrogens (tertiary/aromatic N) is 2. The molecule has 0 atom stereocenters. The third kappa shape index (κ3) is 2.40. The van der Waals surface area contributed by atoms with Crippen LogP contribution in [0.4, 0.5) is 0 Å². The molecule has 0 aromatic heterocycles. The predicted octanol–water partition coefficient (Wildman–Crippen LogP) is -0.784. The third-order valence-electron chi connectivity index (χ3n) is 2.41. The van der Waals surface area contributed by atoms with E-state index in [-0.39, 0.29) is 5.25 Å². The van der Waals surface area contributed by atoms with Crippen LogP contribution in [0.2, 0.25) is 0 Å². The largest absolute Gasteiger partial charge is 0.269 e. The summed E-state index contributed by atoms with van der Waals surface area (Å²) in [4.78, 5) is 0. The number of piperidine rings is 1. The molecule has 1 aliphatic heterocycles. The Morgan fingerprint density at radius 3 is 2.15 bits per heavy atom. The topological polar surface area (TPSA) is 66.6 Å². The van der Waals surface area contributed by atoms with Crippen molar-refractivity contribution in [3.8, 4) is 0 Å². The van der Waals surface area contributed by atoms with E-state index >= 15 is 0 Å². The minimum atomic E-state index is -3.07. The molecule has 5 nitrogen and oxygen atoms in total. The highest BCUT2D eigenvalue weighted by molar-refractivity contribution is 7.89. The molecule has 0 spiro atoms. The molecule has 1 fully saturated rings. The maximum atomic E-state index is 11.7. The molecule has 0 bridgehead atoms.